The fourth-order valence-corrected chi connectivity index (χ4v) is 11.1. The van der Waals surface area contributed by atoms with Crippen LogP contribution in [0.1, 0.15) is 22.3 Å². The molecule has 3 heteroatoms. The molecule has 0 N–H and O–H groups in total. The standard InChI is InChI=1S/C65H44N2O/c1-6-21-45(22-7-1)46-39-41-52(42-40-46)67(58-36-19-35-57-63(58)54-32-16-17-34-56(54)65(57,48-24-8-2-9-25-48)49-26-10-3-11-27-49)53-43-47-23-18-33-55-62(47)61(44-53)68-60-38-20-37-59(64(55)60)66(50-28-12-4-13-29-50)51-30-14-5-15-31-51/h1-44H. The number of hydrogen-bond donors (Lipinski definition) is 0. The van der Waals surface area contributed by atoms with Crippen LogP contribution in [0.15, 0.2) is 267 Å². The van der Waals surface area contributed by atoms with Crippen molar-refractivity contribution in [2.45, 2.75) is 5.41 Å². The van der Waals surface area contributed by atoms with Crippen molar-refractivity contribution < 1.29 is 4.74 Å². The SMILES string of the molecule is c1ccc(-c2ccc(N(c3cc4c5c(cccc5c3)-c3c(cccc3N(c3ccccc3)c3ccccc3)O4)c3cccc4c3-c3ccccc3C4(c3ccccc3)c3ccccc3)cc2)cc1. The van der Waals surface area contributed by atoms with Gasteiger partial charge in [0.1, 0.15) is 11.5 Å². The average molecular weight is 869 g/mol. The Kier molecular flexibility index (Phi) is 9.40. The van der Waals surface area contributed by atoms with E-state index >= 15 is 0 Å². The lowest BCUT2D eigenvalue weighted by molar-refractivity contribution is 0.487. The number of benzene rings is 11. The van der Waals surface area contributed by atoms with E-state index in [-0.39, 0.29) is 0 Å². The van der Waals surface area contributed by atoms with E-state index in [2.05, 4.69) is 277 Å². The molecule has 0 unspecified atom stereocenters. The molecule has 0 fully saturated rings. The van der Waals surface area contributed by atoms with E-state index in [0.29, 0.717) is 0 Å². The first-order chi connectivity index (χ1) is 33.8. The molecule has 320 valence electrons. The lowest BCUT2D eigenvalue weighted by Crippen LogP contribution is -2.28. The van der Waals surface area contributed by atoms with Gasteiger partial charge in [-0.25, -0.2) is 0 Å². The topological polar surface area (TPSA) is 15.7 Å². The zero-order valence-electron chi connectivity index (χ0n) is 37.2. The number of ether oxygens (including phenoxy) is 1. The highest BCUT2D eigenvalue weighted by Gasteiger charge is 2.47. The van der Waals surface area contributed by atoms with Crippen LogP contribution in [-0.2, 0) is 5.41 Å². The summed E-state index contributed by atoms with van der Waals surface area (Å²) in [5, 5.41) is 2.19. The summed E-state index contributed by atoms with van der Waals surface area (Å²) >= 11 is 0. The molecular formula is C65H44N2O. The van der Waals surface area contributed by atoms with Gasteiger partial charge in [0.25, 0.3) is 0 Å². The van der Waals surface area contributed by atoms with E-state index in [1.165, 1.54) is 44.5 Å². The van der Waals surface area contributed by atoms with E-state index < -0.39 is 5.41 Å². The third-order valence-electron chi connectivity index (χ3n) is 13.9. The molecule has 1 aliphatic heterocycles. The molecule has 0 amide bonds. The second-order valence-corrected chi connectivity index (χ2v) is 17.6. The van der Waals surface area contributed by atoms with Crippen molar-refractivity contribution in [2.24, 2.45) is 0 Å². The summed E-state index contributed by atoms with van der Waals surface area (Å²) in [6, 6.07) is 96.5. The van der Waals surface area contributed by atoms with Crippen LogP contribution >= 0.6 is 0 Å². The molecule has 11 aromatic rings. The van der Waals surface area contributed by atoms with Gasteiger partial charge >= 0.3 is 0 Å². The van der Waals surface area contributed by atoms with Gasteiger partial charge in [-0.05, 0) is 111 Å². The van der Waals surface area contributed by atoms with Crippen LogP contribution in [0, 0.1) is 0 Å². The highest BCUT2D eigenvalue weighted by Crippen LogP contribution is 2.60. The minimum Gasteiger partial charge on any atom is -0.456 e. The van der Waals surface area contributed by atoms with E-state index in [1.54, 1.807) is 0 Å². The van der Waals surface area contributed by atoms with Crippen molar-refractivity contribution >= 4 is 44.9 Å². The minimum atomic E-state index is -0.546. The van der Waals surface area contributed by atoms with Crippen LogP contribution in [0.25, 0.3) is 44.2 Å². The monoisotopic (exact) mass is 868 g/mol. The van der Waals surface area contributed by atoms with E-state index in [9.17, 15) is 0 Å². The Morgan fingerprint density at radius 2 is 0.794 bits per heavy atom. The van der Waals surface area contributed by atoms with Crippen LogP contribution < -0.4 is 14.5 Å². The molecule has 3 nitrogen and oxygen atoms in total. The molecule has 13 rings (SSSR count). The predicted molar refractivity (Wildman–Crippen MR) is 282 cm³/mol. The van der Waals surface area contributed by atoms with Gasteiger partial charge in [0.05, 0.1) is 22.5 Å². The van der Waals surface area contributed by atoms with Gasteiger partial charge in [-0.3, -0.25) is 0 Å². The molecule has 0 saturated heterocycles. The van der Waals surface area contributed by atoms with Crippen molar-refractivity contribution in [3.05, 3.63) is 289 Å². The summed E-state index contributed by atoms with van der Waals surface area (Å²) in [6.07, 6.45) is 0. The summed E-state index contributed by atoms with van der Waals surface area (Å²) in [5.74, 6) is 1.64. The van der Waals surface area contributed by atoms with E-state index in [0.717, 1.165) is 67.5 Å². The summed E-state index contributed by atoms with van der Waals surface area (Å²) < 4.78 is 7.20. The minimum absolute atomic E-state index is 0.546. The summed E-state index contributed by atoms with van der Waals surface area (Å²) in [7, 11) is 0. The molecule has 1 heterocycles. The number of anilines is 6. The van der Waals surface area contributed by atoms with Gasteiger partial charge in [-0.1, -0.05) is 200 Å². The van der Waals surface area contributed by atoms with Gasteiger partial charge in [-0.15, -0.1) is 0 Å². The fraction of sp³-hybridized carbons (Fsp3) is 0.0154. The zero-order chi connectivity index (χ0) is 45.0. The lowest BCUT2D eigenvalue weighted by Gasteiger charge is -2.34. The van der Waals surface area contributed by atoms with Crippen molar-refractivity contribution in [2.75, 3.05) is 9.80 Å². The Morgan fingerprint density at radius 1 is 0.309 bits per heavy atom. The van der Waals surface area contributed by atoms with Crippen LogP contribution in [-0.4, -0.2) is 0 Å². The Bertz CT molecular complexity index is 3550. The van der Waals surface area contributed by atoms with Gasteiger partial charge in [0.15, 0.2) is 0 Å². The third-order valence-corrected chi connectivity index (χ3v) is 13.9. The highest BCUT2D eigenvalue weighted by atomic mass is 16.5. The Labute approximate surface area is 397 Å². The Morgan fingerprint density at radius 3 is 1.46 bits per heavy atom. The first kappa shape index (κ1) is 39.4. The zero-order valence-corrected chi connectivity index (χ0v) is 37.2. The van der Waals surface area contributed by atoms with Gasteiger partial charge in [0.2, 0.25) is 0 Å². The van der Waals surface area contributed by atoms with Crippen LogP contribution in [0.3, 0.4) is 0 Å². The Hall–Kier alpha value is -8.92. The normalized spacial score (nSPS) is 12.6. The quantitative estimate of drug-likeness (QED) is 0.144. The molecule has 0 bridgehead atoms. The largest absolute Gasteiger partial charge is 0.456 e. The smallest absolute Gasteiger partial charge is 0.138 e. The van der Waals surface area contributed by atoms with Crippen molar-refractivity contribution in [3.8, 4) is 44.9 Å². The molecule has 0 saturated carbocycles. The average Bonchev–Trinajstić information content (AvgIpc) is 3.72. The molecule has 0 radical (unpaired) electrons. The summed E-state index contributed by atoms with van der Waals surface area (Å²) in [5.41, 5.74) is 17.8. The van der Waals surface area contributed by atoms with Crippen LogP contribution in [0.2, 0.25) is 0 Å². The van der Waals surface area contributed by atoms with Gasteiger partial charge < -0.3 is 14.5 Å². The number of rotatable bonds is 9. The third kappa shape index (κ3) is 6.21. The van der Waals surface area contributed by atoms with E-state index in [4.69, 9.17) is 4.74 Å². The molecule has 0 atom stereocenters. The predicted octanol–water partition coefficient (Wildman–Crippen LogP) is 17.6. The maximum absolute atomic E-state index is 7.20. The molecule has 68 heavy (non-hydrogen) atoms. The highest BCUT2D eigenvalue weighted by molar-refractivity contribution is 6.10. The van der Waals surface area contributed by atoms with Gasteiger partial charge in [0, 0.05) is 39.6 Å². The summed E-state index contributed by atoms with van der Waals surface area (Å²) in [4.78, 5) is 4.78. The number of para-hydroxylation sites is 2. The van der Waals surface area contributed by atoms with Gasteiger partial charge in [-0.2, -0.15) is 0 Å². The van der Waals surface area contributed by atoms with Crippen molar-refractivity contribution in [3.63, 3.8) is 0 Å². The maximum atomic E-state index is 7.20. The fourth-order valence-electron chi connectivity index (χ4n) is 11.1. The molecular weight excluding hydrogens is 825 g/mol. The molecule has 0 aromatic heterocycles. The second kappa shape index (κ2) is 16.2. The molecule has 11 aromatic carbocycles. The molecule has 2 aliphatic rings. The number of fused-ring (bicyclic) bond motifs is 5. The lowest BCUT2D eigenvalue weighted by atomic mass is 9.68. The summed E-state index contributed by atoms with van der Waals surface area (Å²) in [6.45, 7) is 0. The molecule has 0 spiro atoms. The second-order valence-electron chi connectivity index (χ2n) is 17.6. The van der Waals surface area contributed by atoms with Crippen LogP contribution in [0.5, 0.6) is 11.5 Å². The maximum Gasteiger partial charge on any atom is 0.138 e. The van der Waals surface area contributed by atoms with Crippen LogP contribution in [0.4, 0.5) is 34.1 Å². The number of nitrogens with zero attached hydrogens (tertiary/aromatic N) is 2. The first-order valence-electron chi connectivity index (χ1n) is 23.3. The Balaban J connectivity index is 1.04. The van der Waals surface area contributed by atoms with Crippen molar-refractivity contribution in [1.82, 2.24) is 0 Å². The molecule has 1 aliphatic carbocycles. The van der Waals surface area contributed by atoms with E-state index in [1.807, 2.05) is 0 Å². The van der Waals surface area contributed by atoms with Crippen molar-refractivity contribution in [1.29, 1.82) is 0 Å². The first-order valence-corrected chi connectivity index (χ1v) is 23.3. The number of hydrogen-bond acceptors (Lipinski definition) is 3.